The van der Waals surface area contributed by atoms with Crippen LogP contribution in [0.5, 0.6) is 0 Å². The quantitative estimate of drug-likeness (QED) is 0.642. The van der Waals surface area contributed by atoms with Crippen LogP contribution >= 0.6 is 11.6 Å². The van der Waals surface area contributed by atoms with Crippen molar-refractivity contribution in [2.24, 2.45) is 0 Å². The number of piperidine rings is 1. The maximum absolute atomic E-state index is 12.1. The highest BCUT2D eigenvalue weighted by Gasteiger charge is 2.43. The largest absolute Gasteiger partial charge is 0.465 e. The van der Waals surface area contributed by atoms with Gasteiger partial charge in [0.2, 0.25) is 5.91 Å². The topological polar surface area (TPSA) is 111 Å². The maximum Gasteiger partial charge on any atom is 0.407 e. The molecule has 140 valence electrons. The molecule has 1 aromatic carbocycles. The van der Waals surface area contributed by atoms with Gasteiger partial charge in [-0.05, 0) is 43.9 Å². The number of urea groups is 1. The zero-order chi connectivity index (χ0) is 18.7. The lowest BCUT2D eigenvalue weighted by atomic mass is 9.98. The normalized spacial score (nSPS) is 24.0. The Bertz CT molecular complexity index is 700. The van der Waals surface area contributed by atoms with Crippen LogP contribution in [-0.4, -0.2) is 52.7 Å². The molecular weight excluding hydrogens is 360 g/mol. The lowest BCUT2D eigenvalue weighted by Crippen LogP contribution is -2.53. The summed E-state index contributed by atoms with van der Waals surface area (Å²) in [6, 6.07) is 6.08. The van der Waals surface area contributed by atoms with E-state index in [4.69, 9.17) is 11.6 Å². The second kappa shape index (κ2) is 7.82. The van der Waals surface area contributed by atoms with Gasteiger partial charge in [0, 0.05) is 28.8 Å². The van der Waals surface area contributed by atoms with E-state index < -0.39 is 12.1 Å². The average Bonchev–Trinajstić information content (AvgIpc) is 2.85. The summed E-state index contributed by atoms with van der Waals surface area (Å²) < 4.78 is 0. The SMILES string of the molecule is O=C(CNC(=O)Nc1cccc(Cl)c1)NC1C[C@H]2CC[C@@H](C1)N2C(=O)O. The van der Waals surface area contributed by atoms with E-state index in [0.29, 0.717) is 23.6 Å². The summed E-state index contributed by atoms with van der Waals surface area (Å²) in [5.41, 5.74) is 0.535. The fraction of sp³-hybridized carbons (Fsp3) is 0.471. The van der Waals surface area contributed by atoms with Crippen LogP contribution in [0, 0.1) is 0 Å². The molecule has 0 aliphatic carbocycles. The minimum absolute atomic E-state index is 0.0318. The van der Waals surface area contributed by atoms with Crippen LogP contribution in [0.2, 0.25) is 5.02 Å². The number of halogens is 1. The van der Waals surface area contributed by atoms with Gasteiger partial charge in [0.15, 0.2) is 0 Å². The number of hydrogen-bond acceptors (Lipinski definition) is 3. The molecule has 0 radical (unpaired) electrons. The Labute approximate surface area is 155 Å². The molecule has 2 heterocycles. The number of rotatable bonds is 4. The van der Waals surface area contributed by atoms with E-state index in [0.717, 1.165) is 12.8 Å². The molecule has 3 rings (SSSR count). The van der Waals surface area contributed by atoms with Crippen LogP contribution < -0.4 is 16.0 Å². The second-order valence-electron chi connectivity index (χ2n) is 6.63. The highest BCUT2D eigenvalue weighted by molar-refractivity contribution is 6.30. The number of carbonyl (C=O) groups is 3. The summed E-state index contributed by atoms with van der Waals surface area (Å²) in [5, 5.41) is 17.7. The summed E-state index contributed by atoms with van der Waals surface area (Å²) in [7, 11) is 0. The molecule has 4 N–H and O–H groups in total. The first-order chi connectivity index (χ1) is 12.4. The highest BCUT2D eigenvalue weighted by atomic mass is 35.5. The molecular formula is C17H21ClN4O4. The van der Waals surface area contributed by atoms with Crippen molar-refractivity contribution < 1.29 is 19.5 Å². The number of amides is 4. The van der Waals surface area contributed by atoms with Gasteiger partial charge in [0.05, 0.1) is 6.54 Å². The first kappa shape index (κ1) is 18.3. The van der Waals surface area contributed by atoms with Crippen molar-refractivity contribution in [3.63, 3.8) is 0 Å². The fourth-order valence-corrected chi connectivity index (χ4v) is 3.98. The molecule has 2 aliphatic heterocycles. The number of nitrogens with one attached hydrogen (secondary N) is 3. The molecule has 2 saturated heterocycles. The van der Waals surface area contributed by atoms with Crippen molar-refractivity contribution in [1.82, 2.24) is 15.5 Å². The summed E-state index contributed by atoms with van der Waals surface area (Å²) in [6.07, 6.45) is 2.02. The standard InChI is InChI=1S/C17H21ClN4O4/c18-10-2-1-3-11(6-10)21-16(24)19-9-15(23)20-12-7-13-4-5-14(8-12)22(13)17(25)26/h1-3,6,12-14H,4-5,7-9H2,(H,20,23)(H,25,26)(H2,19,21,24)/t12?,13-,14+. The Morgan fingerprint density at radius 3 is 2.50 bits per heavy atom. The number of benzene rings is 1. The molecule has 3 atom stereocenters. The third-order valence-corrected chi connectivity index (χ3v) is 5.05. The van der Waals surface area contributed by atoms with Crippen LogP contribution in [0.3, 0.4) is 0 Å². The van der Waals surface area contributed by atoms with E-state index in [1.807, 2.05) is 0 Å². The van der Waals surface area contributed by atoms with Gasteiger partial charge in [0.25, 0.3) is 0 Å². The molecule has 2 aliphatic rings. The number of carbonyl (C=O) groups excluding carboxylic acids is 2. The zero-order valence-corrected chi connectivity index (χ0v) is 14.8. The van der Waals surface area contributed by atoms with E-state index in [-0.39, 0.29) is 30.6 Å². The number of fused-ring (bicyclic) bond motifs is 2. The van der Waals surface area contributed by atoms with E-state index >= 15 is 0 Å². The number of hydrogen-bond donors (Lipinski definition) is 4. The van der Waals surface area contributed by atoms with Crippen molar-refractivity contribution in [2.45, 2.75) is 43.8 Å². The van der Waals surface area contributed by atoms with Gasteiger partial charge in [-0.1, -0.05) is 17.7 Å². The molecule has 2 fully saturated rings. The van der Waals surface area contributed by atoms with Crippen LogP contribution in [0.15, 0.2) is 24.3 Å². The Morgan fingerprint density at radius 2 is 1.88 bits per heavy atom. The van der Waals surface area contributed by atoms with E-state index in [9.17, 15) is 19.5 Å². The Hall–Kier alpha value is -2.48. The van der Waals surface area contributed by atoms with Gasteiger partial charge in [-0.15, -0.1) is 0 Å². The maximum atomic E-state index is 12.1. The van der Waals surface area contributed by atoms with Crippen LogP contribution in [0.1, 0.15) is 25.7 Å². The Kier molecular flexibility index (Phi) is 5.51. The number of nitrogens with zero attached hydrogens (tertiary/aromatic N) is 1. The molecule has 9 heteroatoms. The molecule has 4 amide bonds. The van der Waals surface area contributed by atoms with Gasteiger partial charge in [0.1, 0.15) is 0 Å². The van der Waals surface area contributed by atoms with E-state index in [1.54, 1.807) is 24.3 Å². The van der Waals surface area contributed by atoms with Crippen molar-refractivity contribution in [3.8, 4) is 0 Å². The first-order valence-corrected chi connectivity index (χ1v) is 8.91. The first-order valence-electron chi connectivity index (χ1n) is 8.53. The van der Waals surface area contributed by atoms with Crippen molar-refractivity contribution in [1.29, 1.82) is 0 Å². The number of carboxylic acid groups (broad SMARTS) is 1. The van der Waals surface area contributed by atoms with Gasteiger partial charge < -0.3 is 26.0 Å². The number of anilines is 1. The predicted molar refractivity (Wildman–Crippen MR) is 96.3 cm³/mol. The third-order valence-electron chi connectivity index (χ3n) is 4.81. The Morgan fingerprint density at radius 1 is 1.19 bits per heavy atom. The molecule has 0 saturated carbocycles. The molecule has 0 spiro atoms. The monoisotopic (exact) mass is 380 g/mol. The van der Waals surface area contributed by atoms with Crippen molar-refractivity contribution in [2.75, 3.05) is 11.9 Å². The summed E-state index contributed by atoms with van der Waals surface area (Å²) in [5.74, 6) is -0.292. The summed E-state index contributed by atoms with van der Waals surface area (Å²) in [6.45, 7) is -0.152. The van der Waals surface area contributed by atoms with E-state index in [1.165, 1.54) is 4.90 Å². The lowest BCUT2D eigenvalue weighted by Gasteiger charge is -2.37. The summed E-state index contributed by atoms with van der Waals surface area (Å²) in [4.78, 5) is 36.7. The fourth-order valence-electron chi connectivity index (χ4n) is 3.79. The minimum Gasteiger partial charge on any atom is -0.465 e. The second-order valence-corrected chi connectivity index (χ2v) is 7.07. The molecule has 26 heavy (non-hydrogen) atoms. The predicted octanol–water partition coefficient (Wildman–Crippen LogP) is 2.25. The van der Waals surface area contributed by atoms with Crippen molar-refractivity contribution >= 4 is 35.3 Å². The Balaban J connectivity index is 1.42. The van der Waals surface area contributed by atoms with Gasteiger partial charge in [-0.2, -0.15) is 0 Å². The average molecular weight is 381 g/mol. The lowest BCUT2D eigenvalue weighted by molar-refractivity contribution is -0.121. The highest BCUT2D eigenvalue weighted by Crippen LogP contribution is 2.35. The molecule has 1 unspecified atom stereocenters. The van der Waals surface area contributed by atoms with Gasteiger partial charge in [-0.3, -0.25) is 4.79 Å². The van der Waals surface area contributed by atoms with Crippen LogP contribution in [-0.2, 0) is 4.79 Å². The van der Waals surface area contributed by atoms with Crippen LogP contribution in [0.25, 0.3) is 0 Å². The third kappa shape index (κ3) is 4.37. The molecule has 0 aromatic heterocycles. The van der Waals surface area contributed by atoms with Gasteiger partial charge in [-0.25, -0.2) is 9.59 Å². The van der Waals surface area contributed by atoms with Gasteiger partial charge >= 0.3 is 12.1 Å². The summed E-state index contributed by atoms with van der Waals surface area (Å²) >= 11 is 5.85. The minimum atomic E-state index is -0.887. The molecule has 2 bridgehead atoms. The molecule has 8 nitrogen and oxygen atoms in total. The van der Waals surface area contributed by atoms with E-state index in [2.05, 4.69) is 16.0 Å². The molecule has 1 aromatic rings. The van der Waals surface area contributed by atoms with Crippen LogP contribution in [0.4, 0.5) is 15.3 Å². The zero-order valence-electron chi connectivity index (χ0n) is 14.1. The van der Waals surface area contributed by atoms with Crippen molar-refractivity contribution in [3.05, 3.63) is 29.3 Å². The smallest absolute Gasteiger partial charge is 0.407 e.